The number of hydrogen-bond donors (Lipinski definition) is 3. The van der Waals surface area contributed by atoms with Gasteiger partial charge in [-0.1, -0.05) is 154 Å². The Labute approximate surface area is 304 Å². The number of hydrogen-bond acceptors (Lipinski definition) is 8. The maximum atomic E-state index is 12.6. The maximum absolute atomic E-state index is 12.6. The number of allylic oxidation sites excluding steroid dienone is 4. The average molecular weight is 732 g/mol. The molecule has 0 rings (SSSR count). The van der Waals surface area contributed by atoms with Crippen LogP contribution in [-0.2, 0) is 32.7 Å². The van der Waals surface area contributed by atoms with E-state index >= 15 is 0 Å². The normalized spacial score (nSPS) is 14.3. The van der Waals surface area contributed by atoms with Gasteiger partial charge in [-0.25, -0.2) is 4.57 Å². The zero-order valence-corrected chi connectivity index (χ0v) is 32.6. The van der Waals surface area contributed by atoms with Gasteiger partial charge in [-0.2, -0.15) is 0 Å². The van der Waals surface area contributed by atoms with Crippen LogP contribution < -0.4 is 5.73 Å². The van der Waals surface area contributed by atoms with E-state index in [-0.39, 0.29) is 13.0 Å². The molecule has 0 fully saturated rings. The Kier molecular flexibility index (Phi) is 34.7. The SMILES string of the molecule is CCC/C=C\C/C=C\CCCCCCCC(=O)OC(COCCCCCCCCCCCCCCCCC)COP(=O)(O)OCC(N)C(=O)O. The molecule has 0 aromatic rings. The molecular formula is C39H74NO9P. The van der Waals surface area contributed by atoms with Gasteiger partial charge in [0.15, 0.2) is 0 Å². The van der Waals surface area contributed by atoms with Crippen molar-refractivity contribution in [3.05, 3.63) is 24.3 Å². The number of nitrogens with two attached hydrogens (primary N) is 1. The topological polar surface area (TPSA) is 155 Å². The predicted octanol–water partition coefficient (Wildman–Crippen LogP) is 10.4. The van der Waals surface area contributed by atoms with Gasteiger partial charge in [0, 0.05) is 13.0 Å². The molecule has 0 saturated carbocycles. The molecule has 0 radical (unpaired) electrons. The molecule has 3 unspecified atom stereocenters. The highest BCUT2D eigenvalue weighted by atomic mass is 31.2. The largest absolute Gasteiger partial charge is 0.480 e. The van der Waals surface area contributed by atoms with Crippen molar-refractivity contribution in [3.63, 3.8) is 0 Å². The number of ether oxygens (including phenoxy) is 2. The Hall–Kier alpha value is -1.55. The van der Waals surface area contributed by atoms with Crippen LogP contribution in [0.4, 0.5) is 0 Å². The second kappa shape index (κ2) is 35.8. The number of phosphoric ester groups is 1. The first-order chi connectivity index (χ1) is 24.2. The van der Waals surface area contributed by atoms with E-state index in [1.54, 1.807) is 0 Å². The van der Waals surface area contributed by atoms with Crippen molar-refractivity contribution in [2.75, 3.05) is 26.4 Å². The minimum absolute atomic E-state index is 0.0148. The third-order valence-electron chi connectivity index (χ3n) is 8.46. The minimum atomic E-state index is -4.61. The Morgan fingerprint density at radius 2 is 1.14 bits per heavy atom. The van der Waals surface area contributed by atoms with E-state index in [0.717, 1.165) is 64.2 Å². The molecule has 0 bridgehead atoms. The second-order valence-electron chi connectivity index (χ2n) is 13.4. The van der Waals surface area contributed by atoms with Crippen LogP contribution in [0.5, 0.6) is 0 Å². The summed E-state index contributed by atoms with van der Waals surface area (Å²) in [6.07, 6.45) is 36.5. The molecule has 3 atom stereocenters. The molecule has 10 nitrogen and oxygen atoms in total. The fourth-order valence-corrected chi connectivity index (χ4v) is 6.12. The van der Waals surface area contributed by atoms with Gasteiger partial charge in [0.25, 0.3) is 0 Å². The van der Waals surface area contributed by atoms with E-state index in [9.17, 15) is 19.0 Å². The lowest BCUT2D eigenvalue weighted by atomic mass is 10.0. The molecule has 0 saturated heterocycles. The summed E-state index contributed by atoms with van der Waals surface area (Å²) in [7, 11) is -4.61. The lowest BCUT2D eigenvalue weighted by Crippen LogP contribution is -2.34. The van der Waals surface area contributed by atoms with Crippen molar-refractivity contribution in [1.29, 1.82) is 0 Å². The molecular weight excluding hydrogens is 657 g/mol. The number of unbranched alkanes of at least 4 members (excludes halogenated alkanes) is 20. The van der Waals surface area contributed by atoms with Gasteiger partial charge in [0.2, 0.25) is 0 Å². The number of carbonyl (C=O) groups excluding carboxylic acids is 1. The molecule has 11 heteroatoms. The van der Waals surface area contributed by atoms with E-state index < -0.39 is 45.1 Å². The van der Waals surface area contributed by atoms with E-state index in [1.807, 2.05) is 0 Å². The van der Waals surface area contributed by atoms with Gasteiger partial charge in [0.1, 0.15) is 12.1 Å². The van der Waals surface area contributed by atoms with Crippen LogP contribution in [0, 0.1) is 0 Å². The standard InChI is InChI=1S/C39H74NO9P/c1-3-5-7-9-11-13-15-17-18-20-22-24-26-28-30-32-46-33-36(34-47-50(44,45)48-35-37(40)39(42)43)49-38(41)31-29-27-25-23-21-19-16-14-12-10-8-6-4-2/h8,10,14,16,36-37H,3-7,9,11-13,15,17-35,40H2,1-2H3,(H,42,43)(H,44,45)/b10-8-,16-14-. The lowest BCUT2D eigenvalue weighted by molar-refractivity contribution is -0.154. The molecule has 0 aliphatic rings. The van der Waals surface area contributed by atoms with Gasteiger partial charge in [-0.15, -0.1) is 0 Å². The van der Waals surface area contributed by atoms with E-state index in [4.69, 9.17) is 29.4 Å². The second-order valence-corrected chi connectivity index (χ2v) is 14.9. The van der Waals surface area contributed by atoms with Gasteiger partial charge in [-0.05, 0) is 38.5 Å². The third-order valence-corrected chi connectivity index (χ3v) is 9.42. The highest BCUT2D eigenvalue weighted by molar-refractivity contribution is 7.47. The Bertz CT molecular complexity index is 899. The Balaban J connectivity index is 4.28. The molecule has 50 heavy (non-hydrogen) atoms. The zero-order chi connectivity index (χ0) is 37.0. The van der Waals surface area contributed by atoms with Crippen molar-refractivity contribution in [2.45, 2.75) is 187 Å². The minimum Gasteiger partial charge on any atom is -0.480 e. The summed E-state index contributed by atoms with van der Waals surface area (Å²) in [6.45, 7) is 3.80. The molecule has 0 aromatic heterocycles. The number of carbonyl (C=O) groups is 2. The predicted molar refractivity (Wildman–Crippen MR) is 203 cm³/mol. The fourth-order valence-electron chi connectivity index (χ4n) is 5.35. The van der Waals surface area contributed by atoms with Gasteiger partial charge >= 0.3 is 19.8 Å². The zero-order valence-electron chi connectivity index (χ0n) is 31.7. The Morgan fingerprint density at radius 1 is 0.640 bits per heavy atom. The van der Waals surface area contributed by atoms with Crippen LogP contribution in [-0.4, -0.2) is 60.5 Å². The van der Waals surface area contributed by atoms with Crippen molar-refractivity contribution in [3.8, 4) is 0 Å². The van der Waals surface area contributed by atoms with Crippen molar-refractivity contribution >= 4 is 19.8 Å². The van der Waals surface area contributed by atoms with Crippen LogP contribution >= 0.6 is 7.82 Å². The summed E-state index contributed by atoms with van der Waals surface area (Å²) in [4.78, 5) is 33.4. The van der Waals surface area contributed by atoms with E-state index in [0.29, 0.717) is 13.0 Å². The highest BCUT2D eigenvalue weighted by Gasteiger charge is 2.27. The van der Waals surface area contributed by atoms with Gasteiger partial charge in [-0.3, -0.25) is 18.6 Å². The highest BCUT2D eigenvalue weighted by Crippen LogP contribution is 2.43. The van der Waals surface area contributed by atoms with Crippen molar-refractivity contribution in [1.82, 2.24) is 0 Å². The average Bonchev–Trinajstić information content (AvgIpc) is 3.09. The van der Waals surface area contributed by atoms with Crippen LogP contribution in [0.3, 0.4) is 0 Å². The number of rotatable bonds is 38. The van der Waals surface area contributed by atoms with Crippen LogP contribution in [0.1, 0.15) is 174 Å². The first kappa shape index (κ1) is 48.5. The molecule has 0 aromatic carbocycles. The van der Waals surface area contributed by atoms with Gasteiger partial charge in [0.05, 0.1) is 19.8 Å². The molecule has 0 aliphatic carbocycles. The summed E-state index contributed by atoms with van der Waals surface area (Å²) in [5, 5.41) is 8.87. The molecule has 4 N–H and O–H groups in total. The lowest BCUT2D eigenvalue weighted by Gasteiger charge is -2.20. The number of esters is 1. The van der Waals surface area contributed by atoms with Crippen molar-refractivity contribution < 1.29 is 42.7 Å². The van der Waals surface area contributed by atoms with E-state index in [2.05, 4.69) is 38.2 Å². The molecule has 0 spiro atoms. The van der Waals surface area contributed by atoms with E-state index in [1.165, 1.54) is 83.5 Å². The third kappa shape index (κ3) is 34.9. The van der Waals surface area contributed by atoms with Crippen molar-refractivity contribution in [2.24, 2.45) is 5.73 Å². The van der Waals surface area contributed by atoms with Crippen LogP contribution in [0.25, 0.3) is 0 Å². The smallest absolute Gasteiger partial charge is 0.472 e. The summed E-state index contributed by atoms with van der Waals surface area (Å²) < 4.78 is 33.2. The fraction of sp³-hybridized carbons (Fsp3) is 0.846. The summed E-state index contributed by atoms with van der Waals surface area (Å²) in [5.41, 5.74) is 5.34. The molecule has 294 valence electrons. The summed E-state index contributed by atoms with van der Waals surface area (Å²) >= 11 is 0. The number of carboxylic acids is 1. The molecule has 0 heterocycles. The number of aliphatic carboxylic acids is 1. The number of carboxylic acid groups (broad SMARTS) is 1. The number of phosphoric acid groups is 1. The van der Waals surface area contributed by atoms with Crippen LogP contribution in [0.2, 0.25) is 0 Å². The van der Waals surface area contributed by atoms with Gasteiger partial charge < -0.3 is 25.2 Å². The summed E-state index contributed by atoms with van der Waals surface area (Å²) in [5.74, 6) is -1.79. The first-order valence-corrected chi connectivity index (χ1v) is 21.4. The monoisotopic (exact) mass is 732 g/mol. The molecule has 0 amide bonds. The maximum Gasteiger partial charge on any atom is 0.472 e. The quantitative estimate of drug-likeness (QED) is 0.0242. The summed E-state index contributed by atoms with van der Waals surface area (Å²) in [6, 6.07) is -1.47. The Morgan fingerprint density at radius 3 is 1.70 bits per heavy atom. The first-order valence-electron chi connectivity index (χ1n) is 19.9. The molecule has 0 aliphatic heterocycles. The van der Waals surface area contributed by atoms with Crippen LogP contribution in [0.15, 0.2) is 24.3 Å².